The normalized spacial score (nSPS) is 12.8. The van der Waals surface area contributed by atoms with Gasteiger partial charge in [-0.05, 0) is 73.2 Å². The van der Waals surface area contributed by atoms with E-state index in [0.717, 1.165) is 23.4 Å². The van der Waals surface area contributed by atoms with Crippen LogP contribution in [-0.2, 0) is 12.8 Å². The van der Waals surface area contributed by atoms with Crippen molar-refractivity contribution in [2.75, 3.05) is 5.32 Å². The first-order valence-corrected chi connectivity index (χ1v) is 11.3. The third-order valence-electron chi connectivity index (χ3n) is 5.44. The lowest BCUT2D eigenvalue weighted by molar-refractivity contribution is 0.102. The van der Waals surface area contributed by atoms with Gasteiger partial charge in [-0.3, -0.25) is 10.1 Å². The van der Waals surface area contributed by atoms with Gasteiger partial charge in [0, 0.05) is 16.5 Å². The van der Waals surface area contributed by atoms with Gasteiger partial charge >= 0.3 is 0 Å². The van der Waals surface area contributed by atoms with Crippen molar-refractivity contribution < 1.29 is 9.53 Å². The molecule has 4 nitrogen and oxygen atoms in total. The summed E-state index contributed by atoms with van der Waals surface area (Å²) >= 11 is 1.44. The van der Waals surface area contributed by atoms with Gasteiger partial charge in [-0.2, -0.15) is 0 Å². The number of amides is 1. The van der Waals surface area contributed by atoms with Crippen LogP contribution in [0.5, 0.6) is 11.5 Å². The zero-order chi connectivity index (χ0) is 21.0. The van der Waals surface area contributed by atoms with Crippen molar-refractivity contribution in [3.63, 3.8) is 0 Å². The number of aryl methyl sites for hydroxylation is 2. The molecule has 1 aliphatic rings. The molecule has 1 N–H and O–H groups in total. The molecule has 4 aromatic rings. The van der Waals surface area contributed by atoms with Crippen molar-refractivity contribution in [1.82, 2.24) is 4.98 Å². The Bertz CT molecular complexity index is 1220. The van der Waals surface area contributed by atoms with Gasteiger partial charge in [-0.15, -0.1) is 11.3 Å². The number of para-hydroxylation sites is 1. The SMILES string of the molecule is O=C(Nc1nc(-c2ccc3c(c2)CCCC3)cs1)c1cccc(Oc2ccccc2)c1. The maximum absolute atomic E-state index is 12.8. The largest absolute Gasteiger partial charge is 0.457 e. The number of benzene rings is 3. The summed E-state index contributed by atoms with van der Waals surface area (Å²) in [5.41, 5.74) is 5.42. The number of fused-ring (bicyclic) bond motifs is 1. The molecule has 0 radical (unpaired) electrons. The van der Waals surface area contributed by atoms with Crippen molar-refractivity contribution in [3.05, 3.63) is 94.9 Å². The fourth-order valence-electron chi connectivity index (χ4n) is 3.85. The van der Waals surface area contributed by atoms with Gasteiger partial charge in [0.2, 0.25) is 0 Å². The molecule has 0 aliphatic heterocycles. The minimum atomic E-state index is -0.204. The fourth-order valence-corrected chi connectivity index (χ4v) is 4.57. The Kier molecular flexibility index (Phi) is 5.50. The van der Waals surface area contributed by atoms with Crippen LogP contribution in [0.25, 0.3) is 11.3 Å². The van der Waals surface area contributed by atoms with Crippen LogP contribution in [0.1, 0.15) is 34.3 Å². The van der Waals surface area contributed by atoms with Crippen molar-refractivity contribution >= 4 is 22.4 Å². The zero-order valence-electron chi connectivity index (χ0n) is 17.0. The number of nitrogens with one attached hydrogen (secondary N) is 1. The van der Waals surface area contributed by atoms with Crippen LogP contribution in [0.2, 0.25) is 0 Å². The van der Waals surface area contributed by atoms with E-state index in [1.165, 1.54) is 41.7 Å². The van der Waals surface area contributed by atoms with Crippen LogP contribution in [0.4, 0.5) is 5.13 Å². The number of nitrogens with zero attached hydrogens (tertiary/aromatic N) is 1. The second-order valence-corrected chi connectivity index (χ2v) is 8.48. The highest BCUT2D eigenvalue weighted by Gasteiger charge is 2.14. The average Bonchev–Trinajstić information content (AvgIpc) is 3.28. The van der Waals surface area contributed by atoms with E-state index in [9.17, 15) is 4.79 Å². The number of thiazole rings is 1. The van der Waals surface area contributed by atoms with Crippen molar-refractivity contribution in [3.8, 4) is 22.8 Å². The monoisotopic (exact) mass is 426 g/mol. The van der Waals surface area contributed by atoms with Gasteiger partial charge in [0.05, 0.1) is 5.69 Å². The summed E-state index contributed by atoms with van der Waals surface area (Å²) in [6, 6.07) is 23.3. The Morgan fingerprint density at radius 1 is 0.871 bits per heavy atom. The summed E-state index contributed by atoms with van der Waals surface area (Å²) in [6.07, 6.45) is 4.83. The average molecular weight is 427 g/mol. The molecule has 0 fully saturated rings. The number of hydrogen-bond acceptors (Lipinski definition) is 4. The molecule has 0 saturated heterocycles. The van der Waals surface area contributed by atoms with Gasteiger partial charge in [-0.25, -0.2) is 4.98 Å². The topological polar surface area (TPSA) is 51.2 Å². The van der Waals surface area contributed by atoms with Crippen molar-refractivity contribution in [2.24, 2.45) is 0 Å². The molecule has 5 rings (SSSR count). The summed E-state index contributed by atoms with van der Waals surface area (Å²) in [5, 5.41) is 5.50. The predicted molar refractivity (Wildman–Crippen MR) is 125 cm³/mol. The van der Waals surface area contributed by atoms with Crippen molar-refractivity contribution in [1.29, 1.82) is 0 Å². The number of carbonyl (C=O) groups is 1. The highest BCUT2D eigenvalue weighted by atomic mass is 32.1. The number of rotatable bonds is 5. The van der Waals surface area contributed by atoms with Gasteiger partial charge in [0.15, 0.2) is 5.13 Å². The summed E-state index contributed by atoms with van der Waals surface area (Å²) in [5.74, 6) is 1.15. The molecule has 0 atom stereocenters. The highest BCUT2D eigenvalue weighted by molar-refractivity contribution is 7.14. The Labute approximate surface area is 185 Å². The molecule has 1 aromatic heterocycles. The van der Waals surface area contributed by atoms with Gasteiger partial charge in [-0.1, -0.05) is 36.4 Å². The highest BCUT2D eigenvalue weighted by Crippen LogP contribution is 2.30. The summed E-state index contributed by atoms with van der Waals surface area (Å²) in [6.45, 7) is 0. The number of anilines is 1. The molecule has 1 amide bonds. The molecule has 0 spiro atoms. The Morgan fingerprint density at radius 2 is 1.68 bits per heavy atom. The first kappa shape index (κ1) is 19.5. The lowest BCUT2D eigenvalue weighted by atomic mass is 9.90. The van der Waals surface area contributed by atoms with E-state index in [4.69, 9.17) is 4.74 Å². The molecule has 31 heavy (non-hydrogen) atoms. The fraction of sp³-hybridized carbons (Fsp3) is 0.154. The number of ether oxygens (including phenoxy) is 1. The maximum atomic E-state index is 12.8. The number of carbonyl (C=O) groups excluding carboxylic acids is 1. The van der Waals surface area contributed by atoms with Crippen LogP contribution in [-0.4, -0.2) is 10.9 Å². The second kappa shape index (κ2) is 8.74. The lowest BCUT2D eigenvalue weighted by Gasteiger charge is -2.16. The van der Waals surface area contributed by atoms with E-state index >= 15 is 0 Å². The molecule has 3 aromatic carbocycles. The summed E-state index contributed by atoms with van der Waals surface area (Å²) in [7, 11) is 0. The van der Waals surface area contributed by atoms with Crippen LogP contribution in [0.15, 0.2) is 78.2 Å². The van der Waals surface area contributed by atoms with Gasteiger partial charge < -0.3 is 4.74 Å². The van der Waals surface area contributed by atoms with E-state index in [-0.39, 0.29) is 5.91 Å². The third kappa shape index (κ3) is 4.52. The molecule has 1 aliphatic carbocycles. The van der Waals surface area contributed by atoms with Crippen LogP contribution in [0.3, 0.4) is 0 Å². The van der Waals surface area contributed by atoms with E-state index < -0.39 is 0 Å². The lowest BCUT2D eigenvalue weighted by Crippen LogP contribution is -2.11. The molecular weight excluding hydrogens is 404 g/mol. The summed E-state index contributed by atoms with van der Waals surface area (Å²) < 4.78 is 5.83. The standard InChI is InChI=1S/C26H22N2O2S/c29-25(21-9-6-12-23(16-21)30-22-10-2-1-3-11-22)28-26-27-24(17-31-26)20-14-13-18-7-4-5-8-19(18)15-20/h1-3,6,9-17H,4-5,7-8H2,(H,27,28,29). The number of aromatic nitrogens is 1. The summed E-state index contributed by atoms with van der Waals surface area (Å²) in [4.78, 5) is 17.4. The first-order valence-electron chi connectivity index (χ1n) is 10.5. The van der Waals surface area contributed by atoms with Gasteiger partial charge in [0.1, 0.15) is 11.5 Å². The second-order valence-electron chi connectivity index (χ2n) is 7.63. The van der Waals surface area contributed by atoms with E-state index in [2.05, 4.69) is 28.5 Å². The Morgan fingerprint density at radius 3 is 2.55 bits per heavy atom. The van der Waals surface area contributed by atoms with Crippen LogP contribution < -0.4 is 10.1 Å². The minimum Gasteiger partial charge on any atom is -0.457 e. The third-order valence-corrected chi connectivity index (χ3v) is 6.20. The maximum Gasteiger partial charge on any atom is 0.257 e. The van der Waals surface area contributed by atoms with E-state index in [1.807, 2.05) is 47.8 Å². The van der Waals surface area contributed by atoms with Crippen LogP contribution >= 0.6 is 11.3 Å². The smallest absolute Gasteiger partial charge is 0.257 e. The van der Waals surface area contributed by atoms with E-state index in [0.29, 0.717) is 16.4 Å². The quantitative estimate of drug-likeness (QED) is 0.385. The van der Waals surface area contributed by atoms with Crippen molar-refractivity contribution in [2.45, 2.75) is 25.7 Å². The Hall–Kier alpha value is -3.44. The zero-order valence-corrected chi connectivity index (χ0v) is 17.8. The molecule has 0 saturated carbocycles. The molecule has 0 unspecified atom stereocenters. The minimum absolute atomic E-state index is 0.204. The predicted octanol–water partition coefficient (Wildman–Crippen LogP) is 6.73. The molecule has 5 heteroatoms. The molecule has 154 valence electrons. The number of hydrogen-bond donors (Lipinski definition) is 1. The molecule has 0 bridgehead atoms. The molecular formula is C26H22N2O2S. The molecule has 1 heterocycles. The van der Waals surface area contributed by atoms with Crippen LogP contribution in [0, 0.1) is 0 Å². The first-order chi connectivity index (χ1) is 15.2. The van der Waals surface area contributed by atoms with Gasteiger partial charge in [0.25, 0.3) is 5.91 Å². The van der Waals surface area contributed by atoms with E-state index in [1.54, 1.807) is 12.1 Å². The Balaban J connectivity index is 1.29.